The van der Waals surface area contributed by atoms with E-state index in [1.807, 2.05) is 22.4 Å². The number of nitrogens with zero attached hydrogens (tertiary/aromatic N) is 5. The monoisotopic (exact) mass is 418 g/mol. The first-order valence-electron chi connectivity index (χ1n) is 9.00. The first-order chi connectivity index (χ1) is 13.7. The average molecular weight is 419 g/mol. The van der Waals surface area contributed by atoms with Crippen molar-refractivity contribution in [1.29, 1.82) is 0 Å². The molecule has 1 fully saturated rings. The van der Waals surface area contributed by atoms with Gasteiger partial charge >= 0.3 is 0 Å². The molecule has 1 unspecified atom stereocenters. The molecule has 0 spiro atoms. The van der Waals surface area contributed by atoms with Crippen LogP contribution < -0.4 is 4.74 Å². The summed E-state index contributed by atoms with van der Waals surface area (Å²) in [4.78, 5) is 19.1. The first kappa shape index (κ1) is 18.8. The maximum Gasteiger partial charge on any atom is 0.228 e. The lowest BCUT2D eigenvalue weighted by Gasteiger charge is -2.31. The van der Waals surface area contributed by atoms with Gasteiger partial charge in [0.15, 0.2) is 5.82 Å². The summed E-state index contributed by atoms with van der Waals surface area (Å²) in [7, 11) is 0. The van der Waals surface area contributed by atoms with Gasteiger partial charge in [0.05, 0.1) is 12.1 Å². The molecular formula is C18H19ClN6O2S. The molecule has 1 N–H and O–H groups in total. The van der Waals surface area contributed by atoms with Crippen molar-refractivity contribution in [3.05, 3.63) is 51.2 Å². The molecule has 2 aromatic heterocycles. The number of ether oxygens (including phenoxy) is 1. The number of thiazole rings is 1. The molecule has 10 heteroatoms. The number of aromatic amines is 1. The van der Waals surface area contributed by atoms with E-state index in [1.165, 1.54) is 11.3 Å². The van der Waals surface area contributed by atoms with Gasteiger partial charge in [0, 0.05) is 29.4 Å². The molecule has 1 aliphatic heterocycles. The lowest BCUT2D eigenvalue weighted by Crippen LogP contribution is -2.40. The van der Waals surface area contributed by atoms with Gasteiger partial charge in [0.25, 0.3) is 0 Å². The van der Waals surface area contributed by atoms with Crippen molar-refractivity contribution in [3.63, 3.8) is 0 Å². The predicted octanol–water partition coefficient (Wildman–Crippen LogP) is 2.84. The Morgan fingerprint density at radius 1 is 1.36 bits per heavy atom. The van der Waals surface area contributed by atoms with Crippen molar-refractivity contribution in [1.82, 2.24) is 30.5 Å². The van der Waals surface area contributed by atoms with E-state index >= 15 is 0 Å². The number of benzene rings is 1. The zero-order valence-corrected chi connectivity index (χ0v) is 16.6. The Bertz CT molecular complexity index is 915. The van der Waals surface area contributed by atoms with Gasteiger partial charge in [-0.3, -0.25) is 4.79 Å². The quantitative estimate of drug-likeness (QED) is 0.661. The van der Waals surface area contributed by atoms with Crippen molar-refractivity contribution in [3.8, 4) is 5.75 Å². The number of carbonyl (C=O) groups is 1. The van der Waals surface area contributed by atoms with Crippen LogP contribution in [0.2, 0.25) is 5.02 Å². The summed E-state index contributed by atoms with van der Waals surface area (Å²) in [6, 6.07) is 7.19. The van der Waals surface area contributed by atoms with Crippen LogP contribution in [0.5, 0.6) is 5.75 Å². The van der Waals surface area contributed by atoms with Crippen LogP contribution in [0.15, 0.2) is 29.6 Å². The summed E-state index contributed by atoms with van der Waals surface area (Å²) in [6.07, 6.45) is 2.19. The second-order valence-electron chi connectivity index (χ2n) is 6.60. The van der Waals surface area contributed by atoms with E-state index in [0.29, 0.717) is 24.0 Å². The van der Waals surface area contributed by atoms with Gasteiger partial charge in [-0.25, -0.2) is 4.98 Å². The molecule has 146 valence electrons. The van der Waals surface area contributed by atoms with Crippen LogP contribution in [0.25, 0.3) is 0 Å². The maximum atomic E-state index is 12.7. The van der Waals surface area contributed by atoms with E-state index in [4.69, 9.17) is 16.3 Å². The number of aromatic nitrogens is 5. The summed E-state index contributed by atoms with van der Waals surface area (Å²) in [5, 5.41) is 17.6. The average Bonchev–Trinajstić information content (AvgIpc) is 3.40. The molecule has 0 saturated carbocycles. The van der Waals surface area contributed by atoms with Gasteiger partial charge in [-0.1, -0.05) is 16.8 Å². The fraction of sp³-hybridized carbons (Fsp3) is 0.389. The summed E-state index contributed by atoms with van der Waals surface area (Å²) >= 11 is 7.36. The normalized spacial score (nSPS) is 16.9. The van der Waals surface area contributed by atoms with Crippen molar-refractivity contribution in [2.24, 2.45) is 0 Å². The van der Waals surface area contributed by atoms with E-state index < -0.39 is 0 Å². The van der Waals surface area contributed by atoms with Gasteiger partial charge in [0.1, 0.15) is 17.4 Å². The molecule has 0 aliphatic carbocycles. The molecule has 1 aromatic carbocycles. The fourth-order valence-electron chi connectivity index (χ4n) is 3.20. The van der Waals surface area contributed by atoms with Gasteiger partial charge in [0.2, 0.25) is 5.91 Å². The van der Waals surface area contributed by atoms with Crippen molar-refractivity contribution >= 4 is 28.8 Å². The van der Waals surface area contributed by atoms with Gasteiger partial charge in [-0.05, 0) is 37.1 Å². The molecule has 1 amide bonds. The Morgan fingerprint density at radius 3 is 3.00 bits per heavy atom. The Hall–Kier alpha value is -2.52. The molecule has 28 heavy (non-hydrogen) atoms. The number of hydrogen-bond acceptors (Lipinski definition) is 7. The number of likely N-dealkylation sites (tertiary alicyclic amines) is 1. The number of halogens is 1. The molecule has 8 nitrogen and oxygen atoms in total. The third-order valence-corrected chi connectivity index (χ3v) is 5.73. The summed E-state index contributed by atoms with van der Waals surface area (Å²) in [5.74, 6) is 1.62. The minimum absolute atomic E-state index is 0.0728. The number of H-pyrrole nitrogens is 1. The SMILES string of the molecule is O=C(Cc1csc(COc2ccc(Cl)cc2)n1)N1CCCC(c2nn[nH]n2)C1. The van der Waals surface area contributed by atoms with Gasteiger partial charge in [-0.2, -0.15) is 5.21 Å². The van der Waals surface area contributed by atoms with Crippen LogP contribution in [0.3, 0.4) is 0 Å². The number of nitrogens with one attached hydrogen (secondary N) is 1. The van der Waals surface area contributed by atoms with Crippen LogP contribution in [0.1, 0.15) is 35.3 Å². The summed E-state index contributed by atoms with van der Waals surface area (Å²) in [6.45, 7) is 1.74. The topological polar surface area (TPSA) is 96.9 Å². The third-order valence-electron chi connectivity index (χ3n) is 4.61. The number of piperidine rings is 1. The fourth-order valence-corrected chi connectivity index (χ4v) is 4.03. The van der Waals surface area contributed by atoms with Crippen LogP contribution >= 0.6 is 22.9 Å². The first-order valence-corrected chi connectivity index (χ1v) is 10.3. The van der Waals surface area contributed by atoms with Gasteiger partial charge < -0.3 is 9.64 Å². The second kappa shape index (κ2) is 8.66. The standard InChI is InChI=1S/C18H19ClN6O2S/c19-13-3-5-15(6-4-13)27-10-16-20-14(11-28-16)8-17(26)25-7-1-2-12(9-25)18-21-23-24-22-18/h3-6,11-12H,1-2,7-10H2,(H,21,22,23,24). The smallest absolute Gasteiger partial charge is 0.228 e. The Labute approximate surface area is 170 Å². The Morgan fingerprint density at radius 2 is 2.21 bits per heavy atom. The highest BCUT2D eigenvalue weighted by Crippen LogP contribution is 2.24. The highest BCUT2D eigenvalue weighted by atomic mass is 35.5. The van der Waals surface area contributed by atoms with Crippen LogP contribution in [-0.4, -0.2) is 49.5 Å². The third kappa shape index (κ3) is 4.66. The van der Waals surface area contributed by atoms with Crippen molar-refractivity contribution in [2.75, 3.05) is 13.1 Å². The second-order valence-corrected chi connectivity index (χ2v) is 7.98. The minimum Gasteiger partial charge on any atom is -0.486 e. The number of tetrazole rings is 1. The van der Waals surface area contributed by atoms with E-state index in [2.05, 4.69) is 25.6 Å². The minimum atomic E-state index is 0.0728. The van der Waals surface area contributed by atoms with Crippen molar-refractivity contribution in [2.45, 2.75) is 31.8 Å². The maximum absolute atomic E-state index is 12.7. The molecule has 0 radical (unpaired) electrons. The molecule has 3 heterocycles. The number of hydrogen-bond donors (Lipinski definition) is 1. The lowest BCUT2D eigenvalue weighted by molar-refractivity contribution is -0.131. The number of rotatable bonds is 6. The molecule has 0 bridgehead atoms. The van der Waals surface area contributed by atoms with Crippen LogP contribution in [0.4, 0.5) is 0 Å². The van der Waals surface area contributed by atoms with E-state index in [9.17, 15) is 4.79 Å². The molecular weight excluding hydrogens is 400 g/mol. The molecule has 4 rings (SSSR count). The zero-order chi connectivity index (χ0) is 19.3. The zero-order valence-electron chi connectivity index (χ0n) is 15.0. The largest absolute Gasteiger partial charge is 0.486 e. The Kier molecular flexibility index (Phi) is 5.82. The molecule has 3 aromatic rings. The Balaban J connectivity index is 1.30. The van der Waals surface area contributed by atoms with Gasteiger partial charge in [-0.15, -0.1) is 21.5 Å². The number of carbonyl (C=O) groups excluding carboxylic acids is 1. The molecule has 1 saturated heterocycles. The van der Waals surface area contributed by atoms with E-state index in [0.717, 1.165) is 35.8 Å². The highest BCUT2D eigenvalue weighted by Gasteiger charge is 2.27. The highest BCUT2D eigenvalue weighted by molar-refractivity contribution is 7.09. The summed E-state index contributed by atoms with van der Waals surface area (Å²) in [5.41, 5.74) is 0.770. The van der Waals surface area contributed by atoms with Crippen LogP contribution in [0, 0.1) is 0 Å². The summed E-state index contributed by atoms with van der Waals surface area (Å²) < 4.78 is 5.71. The molecule has 1 atom stereocenters. The van der Waals surface area contributed by atoms with E-state index in [-0.39, 0.29) is 18.2 Å². The lowest BCUT2D eigenvalue weighted by atomic mass is 9.97. The van der Waals surface area contributed by atoms with E-state index in [1.54, 1.807) is 12.1 Å². The predicted molar refractivity (Wildman–Crippen MR) is 104 cm³/mol. The molecule has 1 aliphatic rings. The van der Waals surface area contributed by atoms with Crippen LogP contribution in [-0.2, 0) is 17.8 Å². The number of amides is 1. The van der Waals surface area contributed by atoms with Crippen molar-refractivity contribution < 1.29 is 9.53 Å².